The minimum Gasteiger partial charge on any atom is -0.399 e. The van der Waals surface area contributed by atoms with Gasteiger partial charge >= 0.3 is 0 Å². The van der Waals surface area contributed by atoms with Crippen LogP contribution in [0.5, 0.6) is 0 Å². The van der Waals surface area contributed by atoms with Crippen LogP contribution in [-0.2, 0) is 0 Å². The molecule has 0 amide bonds. The number of hydrogen-bond acceptors (Lipinski definition) is 2. The largest absolute Gasteiger partial charge is 0.399 e. The number of thioether (sulfide) groups is 1. The van der Waals surface area contributed by atoms with E-state index in [4.69, 9.17) is 5.73 Å². The van der Waals surface area contributed by atoms with E-state index in [0.717, 1.165) is 11.6 Å². The van der Waals surface area contributed by atoms with Gasteiger partial charge in [-0.2, -0.15) is 0 Å². The monoisotopic (exact) mass is 195 g/mol. The Kier molecular flexibility index (Phi) is 3.67. The van der Waals surface area contributed by atoms with Crippen LogP contribution in [0.15, 0.2) is 23.1 Å². The molecule has 0 spiro atoms. The average Bonchev–Trinajstić information content (AvgIpc) is 2.02. The van der Waals surface area contributed by atoms with E-state index in [1.54, 1.807) is 0 Å². The molecule has 0 saturated heterocycles. The molecular formula is C11H17NS. The van der Waals surface area contributed by atoms with Crippen LogP contribution in [0.3, 0.4) is 0 Å². The Labute approximate surface area is 84.7 Å². The van der Waals surface area contributed by atoms with Gasteiger partial charge in [-0.25, -0.2) is 0 Å². The summed E-state index contributed by atoms with van der Waals surface area (Å²) < 4.78 is 0. The Hall–Kier alpha value is -0.630. The first-order valence-corrected chi connectivity index (χ1v) is 5.57. The van der Waals surface area contributed by atoms with Crippen molar-refractivity contribution in [1.82, 2.24) is 0 Å². The fraction of sp³-hybridized carbons (Fsp3) is 0.455. The fourth-order valence-electron chi connectivity index (χ4n) is 1.09. The normalized spacial score (nSPS) is 10.8. The van der Waals surface area contributed by atoms with Crippen LogP contribution in [0.4, 0.5) is 5.69 Å². The standard InChI is InChI=1S/C11H17NS/c1-8(2)7-13-11-5-4-10(12)6-9(11)3/h4-6,8H,7,12H2,1-3H3. The van der Waals surface area contributed by atoms with Crippen molar-refractivity contribution in [3.8, 4) is 0 Å². The molecule has 0 atom stereocenters. The van der Waals surface area contributed by atoms with Crippen molar-refractivity contribution in [3.63, 3.8) is 0 Å². The summed E-state index contributed by atoms with van der Waals surface area (Å²) in [5, 5.41) is 0. The van der Waals surface area contributed by atoms with Crippen molar-refractivity contribution < 1.29 is 0 Å². The number of nitrogens with two attached hydrogens (primary N) is 1. The molecule has 2 heteroatoms. The predicted octanol–water partition coefficient (Wildman–Crippen LogP) is 3.33. The first-order valence-electron chi connectivity index (χ1n) is 4.58. The molecule has 1 nitrogen and oxygen atoms in total. The Bertz CT molecular complexity index is 281. The van der Waals surface area contributed by atoms with E-state index in [0.29, 0.717) is 0 Å². The summed E-state index contributed by atoms with van der Waals surface area (Å²) in [6.07, 6.45) is 0. The van der Waals surface area contributed by atoms with Crippen LogP contribution >= 0.6 is 11.8 Å². The van der Waals surface area contributed by atoms with Crippen molar-refractivity contribution in [1.29, 1.82) is 0 Å². The van der Waals surface area contributed by atoms with Crippen molar-refractivity contribution in [2.24, 2.45) is 5.92 Å². The topological polar surface area (TPSA) is 26.0 Å². The third-order valence-electron chi connectivity index (χ3n) is 1.77. The molecule has 0 unspecified atom stereocenters. The summed E-state index contributed by atoms with van der Waals surface area (Å²) in [6.45, 7) is 6.58. The maximum Gasteiger partial charge on any atom is 0.0317 e. The van der Waals surface area contributed by atoms with Crippen molar-refractivity contribution in [2.75, 3.05) is 11.5 Å². The van der Waals surface area contributed by atoms with Gasteiger partial charge in [0, 0.05) is 16.3 Å². The zero-order chi connectivity index (χ0) is 9.84. The Morgan fingerprint density at radius 3 is 2.62 bits per heavy atom. The van der Waals surface area contributed by atoms with Crippen LogP contribution in [-0.4, -0.2) is 5.75 Å². The van der Waals surface area contributed by atoms with E-state index in [1.165, 1.54) is 16.2 Å². The maximum absolute atomic E-state index is 5.67. The molecule has 0 heterocycles. The van der Waals surface area contributed by atoms with Gasteiger partial charge in [0.05, 0.1) is 0 Å². The lowest BCUT2D eigenvalue weighted by Crippen LogP contribution is -1.92. The lowest BCUT2D eigenvalue weighted by Gasteiger charge is -2.07. The van der Waals surface area contributed by atoms with Crippen molar-refractivity contribution in [2.45, 2.75) is 25.7 Å². The summed E-state index contributed by atoms with van der Waals surface area (Å²) >= 11 is 1.91. The first-order chi connectivity index (χ1) is 6.09. The number of nitrogen functional groups attached to an aromatic ring is 1. The molecule has 13 heavy (non-hydrogen) atoms. The lowest BCUT2D eigenvalue weighted by molar-refractivity contribution is 0.750. The van der Waals surface area contributed by atoms with E-state index in [-0.39, 0.29) is 0 Å². The SMILES string of the molecule is Cc1cc(N)ccc1SCC(C)C. The zero-order valence-electron chi connectivity index (χ0n) is 8.50. The number of benzene rings is 1. The van der Waals surface area contributed by atoms with Gasteiger partial charge < -0.3 is 5.73 Å². The number of hydrogen-bond donors (Lipinski definition) is 1. The van der Waals surface area contributed by atoms with E-state index in [9.17, 15) is 0 Å². The Balaban J connectivity index is 2.67. The van der Waals surface area contributed by atoms with Crippen LogP contribution in [0.2, 0.25) is 0 Å². The van der Waals surface area contributed by atoms with Gasteiger partial charge in [-0.3, -0.25) is 0 Å². The highest BCUT2D eigenvalue weighted by molar-refractivity contribution is 7.99. The minimum atomic E-state index is 0.738. The Morgan fingerprint density at radius 2 is 2.08 bits per heavy atom. The molecule has 1 rings (SSSR count). The summed E-state index contributed by atoms with van der Waals surface area (Å²) in [4.78, 5) is 1.35. The second-order valence-electron chi connectivity index (χ2n) is 3.73. The van der Waals surface area contributed by atoms with E-state index >= 15 is 0 Å². The molecule has 0 bridgehead atoms. The molecule has 0 saturated carbocycles. The number of anilines is 1. The fourth-order valence-corrected chi connectivity index (χ4v) is 2.05. The minimum absolute atomic E-state index is 0.738. The van der Waals surface area contributed by atoms with Gasteiger partial charge in [-0.1, -0.05) is 13.8 Å². The smallest absolute Gasteiger partial charge is 0.0317 e. The lowest BCUT2D eigenvalue weighted by atomic mass is 10.2. The van der Waals surface area contributed by atoms with Crippen LogP contribution in [0.25, 0.3) is 0 Å². The molecule has 0 aliphatic carbocycles. The predicted molar refractivity (Wildman–Crippen MR) is 61.2 cm³/mol. The van der Waals surface area contributed by atoms with Crippen LogP contribution in [0.1, 0.15) is 19.4 Å². The maximum atomic E-state index is 5.67. The summed E-state index contributed by atoms with van der Waals surface area (Å²) in [6, 6.07) is 6.11. The molecule has 0 fully saturated rings. The van der Waals surface area contributed by atoms with Gasteiger partial charge in [0.25, 0.3) is 0 Å². The quantitative estimate of drug-likeness (QED) is 0.591. The number of aryl methyl sites for hydroxylation is 1. The molecule has 0 aliphatic rings. The molecule has 0 radical (unpaired) electrons. The van der Waals surface area contributed by atoms with Gasteiger partial charge in [-0.05, 0) is 36.6 Å². The van der Waals surface area contributed by atoms with E-state index in [1.807, 2.05) is 23.9 Å². The average molecular weight is 195 g/mol. The highest BCUT2D eigenvalue weighted by atomic mass is 32.2. The van der Waals surface area contributed by atoms with Gasteiger partial charge in [0.1, 0.15) is 0 Å². The van der Waals surface area contributed by atoms with Gasteiger partial charge in [-0.15, -0.1) is 11.8 Å². The first kappa shape index (κ1) is 10.5. The molecule has 1 aromatic carbocycles. The van der Waals surface area contributed by atoms with Gasteiger partial charge in [0.2, 0.25) is 0 Å². The summed E-state index contributed by atoms with van der Waals surface area (Å²) in [5.41, 5.74) is 7.81. The Morgan fingerprint density at radius 1 is 1.38 bits per heavy atom. The van der Waals surface area contributed by atoms with E-state index in [2.05, 4.69) is 26.8 Å². The second-order valence-corrected chi connectivity index (χ2v) is 4.79. The van der Waals surface area contributed by atoms with E-state index < -0.39 is 0 Å². The molecule has 0 aromatic heterocycles. The zero-order valence-corrected chi connectivity index (χ0v) is 9.32. The van der Waals surface area contributed by atoms with Crippen LogP contribution < -0.4 is 5.73 Å². The third kappa shape index (κ3) is 3.31. The number of rotatable bonds is 3. The third-order valence-corrected chi connectivity index (χ3v) is 3.37. The highest BCUT2D eigenvalue weighted by Gasteiger charge is 2.00. The van der Waals surface area contributed by atoms with Gasteiger partial charge in [0.15, 0.2) is 0 Å². The van der Waals surface area contributed by atoms with Crippen LogP contribution in [0, 0.1) is 12.8 Å². The molecular weight excluding hydrogens is 178 g/mol. The van der Waals surface area contributed by atoms with Crippen molar-refractivity contribution >= 4 is 17.4 Å². The highest BCUT2D eigenvalue weighted by Crippen LogP contribution is 2.25. The second kappa shape index (κ2) is 4.56. The molecule has 72 valence electrons. The molecule has 1 aromatic rings. The molecule has 2 N–H and O–H groups in total. The molecule has 0 aliphatic heterocycles. The summed E-state index contributed by atoms with van der Waals surface area (Å²) in [5.74, 6) is 1.91. The van der Waals surface area contributed by atoms with Crippen molar-refractivity contribution in [3.05, 3.63) is 23.8 Å². The summed E-state index contributed by atoms with van der Waals surface area (Å²) in [7, 11) is 0.